The van der Waals surface area contributed by atoms with Gasteiger partial charge in [-0.25, -0.2) is 0 Å². The largest absolute Gasteiger partial charge is 0.383 e. The van der Waals surface area contributed by atoms with Gasteiger partial charge in [0.1, 0.15) is 0 Å². The first-order valence-corrected chi connectivity index (χ1v) is 6.64. The summed E-state index contributed by atoms with van der Waals surface area (Å²) >= 11 is 6.23. The SMILES string of the molecule is COCCNCCCn1ccc2cccc(Cl)c21. The van der Waals surface area contributed by atoms with Crippen LogP contribution < -0.4 is 5.32 Å². The Morgan fingerprint density at radius 2 is 2.17 bits per heavy atom. The summed E-state index contributed by atoms with van der Waals surface area (Å²) < 4.78 is 7.20. The molecule has 0 bridgehead atoms. The molecule has 0 aliphatic carbocycles. The van der Waals surface area contributed by atoms with E-state index in [4.69, 9.17) is 16.3 Å². The number of halogens is 1. The molecule has 0 saturated carbocycles. The number of aromatic nitrogens is 1. The fraction of sp³-hybridized carbons (Fsp3) is 0.429. The third kappa shape index (κ3) is 3.25. The van der Waals surface area contributed by atoms with Crippen LogP contribution in [-0.2, 0) is 11.3 Å². The Kier molecular flexibility index (Phi) is 5.05. The van der Waals surface area contributed by atoms with Gasteiger partial charge in [0.2, 0.25) is 0 Å². The molecule has 0 atom stereocenters. The van der Waals surface area contributed by atoms with Crippen molar-refractivity contribution in [3.8, 4) is 0 Å². The molecule has 0 fully saturated rings. The number of para-hydroxylation sites is 1. The zero-order chi connectivity index (χ0) is 12.8. The molecule has 1 aromatic carbocycles. The number of hydrogen-bond donors (Lipinski definition) is 1. The van der Waals surface area contributed by atoms with E-state index in [1.807, 2.05) is 12.1 Å². The van der Waals surface area contributed by atoms with Gasteiger partial charge < -0.3 is 14.6 Å². The second kappa shape index (κ2) is 6.78. The van der Waals surface area contributed by atoms with Crippen molar-refractivity contribution in [3.63, 3.8) is 0 Å². The number of rotatable bonds is 7. The predicted molar refractivity (Wildman–Crippen MR) is 76.3 cm³/mol. The Labute approximate surface area is 113 Å². The fourth-order valence-corrected chi connectivity index (χ4v) is 2.36. The van der Waals surface area contributed by atoms with Crippen LogP contribution in [0.15, 0.2) is 30.5 Å². The van der Waals surface area contributed by atoms with E-state index in [0.717, 1.165) is 43.2 Å². The highest BCUT2D eigenvalue weighted by molar-refractivity contribution is 6.35. The zero-order valence-electron chi connectivity index (χ0n) is 10.7. The molecule has 4 heteroatoms. The zero-order valence-corrected chi connectivity index (χ0v) is 11.4. The van der Waals surface area contributed by atoms with E-state index < -0.39 is 0 Å². The first-order valence-electron chi connectivity index (χ1n) is 6.26. The first kappa shape index (κ1) is 13.4. The lowest BCUT2D eigenvalue weighted by molar-refractivity contribution is 0.199. The van der Waals surface area contributed by atoms with E-state index in [9.17, 15) is 0 Å². The second-order valence-corrected chi connectivity index (χ2v) is 4.69. The molecule has 1 aromatic heterocycles. The Bertz CT molecular complexity index is 495. The highest BCUT2D eigenvalue weighted by Crippen LogP contribution is 2.24. The molecule has 0 aliphatic rings. The fourth-order valence-electron chi connectivity index (χ4n) is 2.07. The lowest BCUT2D eigenvalue weighted by Crippen LogP contribution is -2.21. The maximum Gasteiger partial charge on any atom is 0.0669 e. The van der Waals surface area contributed by atoms with Crippen molar-refractivity contribution < 1.29 is 4.74 Å². The summed E-state index contributed by atoms with van der Waals surface area (Å²) in [7, 11) is 1.72. The number of benzene rings is 1. The molecule has 18 heavy (non-hydrogen) atoms. The van der Waals surface area contributed by atoms with Gasteiger partial charge in [-0.15, -0.1) is 0 Å². The Morgan fingerprint density at radius 1 is 1.28 bits per heavy atom. The second-order valence-electron chi connectivity index (χ2n) is 4.28. The predicted octanol–water partition coefficient (Wildman–Crippen LogP) is 2.92. The van der Waals surface area contributed by atoms with Gasteiger partial charge in [-0.2, -0.15) is 0 Å². The van der Waals surface area contributed by atoms with Crippen molar-refractivity contribution in [1.29, 1.82) is 0 Å². The monoisotopic (exact) mass is 266 g/mol. The van der Waals surface area contributed by atoms with Gasteiger partial charge in [0.25, 0.3) is 0 Å². The maximum atomic E-state index is 6.23. The molecule has 2 aromatic rings. The lowest BCUT2D eigenvalue weighted by Gasteiger charge is -2.07. The van der Waals surface area contributed by atoms with Crippen molar-refractivity contribution in [2.45, 2.75) is 13.0 Å². The van der Waals surface area contributed by atoms with Gasteiger partial charge in [0, 0.05) is 31.8 Å². The summed E-state index contributed by atoms with van der Waals surface area (Å²) in [4.78, 5) is 0. The van der Waals surface area contributed by atoms with Crippen LogP contribution in [0.1, 0.15) is 6.42 Å². The summed E-state index contributed by atoms with van der Waals surface area (Å²) in [6.07, 6.45) is 3.18. The summed E-state index contributed by atoms with van der Waals surface area (Å²) in [5, 5.41) is 5.37. The van der Waals surface area contributed by atoms with E-state index in [-0.39, 0.29) is 0 Å². The van der Waals surface area contributed by atoms with Gasteiger partial charge in [-0.05, 0) is 25.1 Å². The Balaban J connectivity index is 1.88. The molecule has 1 heterocycles. The maximum absolute atomic E-state index is 6.23. The number of methoxy groups -OCH3 is 1. The molecule has 0 radical (unpaired) electrons. The molecule has 0 amide bonds. The molecule has 0 saturated heterocycles. The quantitative estimate of drug-likeness (QED) is 0.780. The Hall–Kier alpha value is -1.03. The molecule has 0 aliphatic heterocycles. The van der Waals surface area contributed by atoms with Crippen molar-refractivity contribution in [3.05, 3.63) is 35.5 Å². The first-order chi connectivity index (χ1) is 8.83. The van der Waals surface area contributed by atoms with Crippen LogP contribution in [0, 0.1) is 0 Å². The normalized spacial score (nSPS) is 11.2. The minimum absolute atomic E-state index is 0.762. The van der Waals surface area contributed by atoms with E-state index >= 15 is 0 Å². The highest BCUT2D eigenvalue weighted by atomic mass is 35.5. The molecule has 3 nitrogen and oxygen atoms in total. The number of fused-ring (bicyclic) bond motifs is 1. The third-order valence-electron chi connectivity index (χ3n) is 2.97. The number of nitrogens with one attached hydrogen (secondary N) is 1. The van der Waals surface area contributed by atoms with Gasteiger partial charge >= 0.3 is 0 Å². The standard InChI is InChI=1S/C14H19ClN2O/c1-18-11-8-16-7-3-9-17-10-6-12-4-2-5-13(15)14(12)17/h2,4-6,10,16H,3,7-9,11H2,1H3. The van der Waals surface area contributed by atoms with Gasteiger partial charge in [-0.3, -0.25) is 0 Å². The minimum Gasteiger partial charge on any atom is -0.383 e. The van der Waals surface area contributed by atoms with E-state index in [2.05, 4.69) is 28.2 Å². The number of aryl methyl sites for hydroxylation is 1. The number of hydrogen-bond acceptors (Lipinski definition) is 2. The Morgan fingerprint density at radius 3 is 3.00 bits per heavy atom. The molecule has 1 N–H and O–H groups in total. The molecule has 98 valence electrons. The topological polar surface area (TPSA) is 26.2 Å². The molecule has 0 spiro atoms. The third-order valence-corrected chi connectivity index (χ3v) is 3.28. The average Bonchev–Trinajstić information content (AvgIpc) is 2.78. The van der Waals surface area contributed by atoms with Crippen molar-refractivity contribution >= 4 is 22.5 Å². The van der Waals surface area contributed by atoms with Crippen LogP contribution >= 0.6 is 11.6 Å². The van der Waals surface area contributed by atoms with E-state index in [1.54, 1.807) is 7.11 Å². The van der Waals surface area contributed by atoms with Crippen LogP contribution in [0.3, 0.4) is 0 Å². The van der Waals surface area contributed by atoms with Crippen LogP contribution in [0.2, 0.25) is 5.02 Å². The van der Waals surface area contributed by atoms with Crippen LogP contribution in [0.5, 0.6) is 0 Å². The molecule has 2 rings (SSSR count). The molecular weight excluding hydrogens is 248 g/mol. The summed E-state index contributed by atoms with van der Waals surface area (Å²) in [6, 6.07) is 8.13. The molecular formula is C14H19ClN2O. The summed E-state index contributed by atoms with van der Waals surface area (Å²) in [5.74, 6) is 0. The van der Waals surface area contributed by atoms with Crippen molar-refractivity contribution in [2.24, 2.45) is 0 Å². The summed E-state index contributed by atoms with van der Waals surface area (Å²) in [5.41, 5.74) is 1.14. The van der Waals surface area contributed by atoms with Crippen LogP contribution in [0.4, 0.5) is 0 Å². The van der Waals surface area contributed by atoms with Gasteiger partial charge in [0.05, 0.1) is 17.1 Å². The number of nitrogens with zero attached hydrogens (tertiary/aromatic N) is 1. The minimum atomic E-state index is 0.762. The van der Waals surface area contributed by atoms with E-state index in [0.29, 0.717) is 0 Å². The molecule has 0 unspecified atom stereocenters. The van der Waals surface area contributed by atoms with Gasteiger partial charge in [0.15, 0.2) is 0 Å². The number of ether oxygens (including phenoxy) is 1. The average molecular weight is 267 g/mol. The van der Waals surface area contributed by atoms with E-state index in [1.165, 1.54) is 5.39 Å². The smallest absolute Gasteiger partial charge is 0.0669 e. The lowest BCUT2D eigenvalue weighted by atomic mass is 10.2. The van der Waals surface area contributed by atoms with Crippen LogP contribution in [0.25, 0.3) is 10.9 Å². The highest BCUT2D eigenvalue weighted by Gasteiger charge is 2.04. The van der Waals surface area contributed by atoms with Crippen molar-refractivity contribution in [2.75, 3.05) is 26.8 Å². The van der Waals surface area contributed by atoms with Gasteiger partial charge in [-0.1, -0.05) is 23.7 Å². The van der Waals surface area contributed by atoms with Crippen LogP contribution in [-0.4, -0.2) is 31.4 Å². The summed E-state index contributed by atoms with van der Waals surface area (Å²) in [6.45, 7) is 3.64. The van der Waals surface area contributed by atoms with Crippen molar-refractivity contribution in [1.82, 2.24) is 9.88 Å².